The lowest BCUT2D eigenvalue weighted by Crippen LogP contribution is -2.43. The van der Waals surface area contributed by atoms with Gasteiger partial charge in [-0.2, -0.15) is 12.7 Å². The summed E-state index contributed by atoms with van der Waals surface area (Å²) in [4.78, 5) is 3.41. The summed E-state index contributed by atoms with van der Waals surface area (Å²) in [6, 6.07) is 19.0. The number of H-pyrrole nitrogens is 1. The number of nitrogens with one attached hydrogen (secondary N) is 2. The molecule has 0 bridgehead atoms. The Balaban J connectivity index is 1.63. The number of halogens is 1. The van der Waals surface area contributed by atoms with E-state index in [1.165, 1.54) is 16.4 Å². The summed E-state index contributed by atoms with van der Waals surface area (Å²) in [5.74, 6) is -0.398. The molecule has 0 aliphatic carbocycles. The highest BCUT2D eigenvalue weighted by Gasteiger charge is 2.38. The van der Waals surface area contributed by atoms with Gasteiger partial charge in [-0.3, -0.25) is 4.72 Å². The summed E-state index contributed by atoms with van der Waals surface area (Å²) < 4.78 is 45.5. The maximum Gasteiger partial charge on any atom is 0.302 e. The van der Waals surface area contributed by atoms with Gasteiger partial charge in [0.05, 0.1) is 11.7 Å². The number of aromatic nitrogens is 1. The lowest BCUT2D eigenvalue weighted by molar-refractivity contribution is 0.342. The highest BCUT2D eigenvalue weighted by atomic mass is 32.2. The van der Waals surface area contributed by atoms with Crippen molar-refractivity contribution in [2.75, 3.05) is 11.3 Å². The number of fused-ring (bicyclic) bond motifs is 3. The van der Waals surface area contributed by atoms with E-state index in [1.807, 2.05) is 44.2 Å². The van der Waals surface area contributed by atoms with E-state index in [0.29, 0.717) is 17.7 Å². The molecule has 1 atom stereocenters. The van der Waals surface area contributed by atoms with Crippen LogP contribution in [0.3, 0.4) is 0 Å². The molecule has 1 unspecified atom stereocenters. The minimum absolute atomic E-state index is 0.288. The quantitative estimate of drug-likeness (QED) is 0.448. The van der Waals surface area contributed by atoms with Gasteiger partial charge in [0.1, 0.15) is 5.82 Å². The zero-order chi connectivity index (χ0) is 22.5. The third-order valence-electron chi connectivity index (χ3n) is 5.93. The van der Waals surface area contributed by atoms with Crippen molar-refractivity contribution in [1.82, 2.24) is 9.29 Å². The summed E-state index contributed by atoms with van der Waals surface area (Å²) >= 11 is 0. The van der Waals surface area contributed by atoms with E-state index in [4.69, 9.17) is 0 Å². The van der Waals surface area contributed by atoms with Crippen LogP contribution in [0.15, 0.2) is 66.7 Å². The normalized spacial score (nSPS) is 16.8. The average molecular weight is 450 g/mol. The molecule has 3 aromatic carbocycles. The molecule has 1 aromatic heterocycles. The molecule has 0 saturated heterocycles. The highest BCUT2D eigenvalue weighted by molar-refractivity contribution is 7.90. The van der Waals surface area contributed by atoms with Gasteiger partial charge in [0.2, 0.25) is 0 Å². The van der Waals surface area contributed by atoms with E-state index in [2.05, 4.69) is 9.71 Å². The van der Waals surface area contributed by atoms with Crippen LogP contribution in [0, 0.1) is 19.7 Å². The second-order valence-electron chi connectivity index (χ2n) is 8.36. The Morgan fingerprint density at radius 3 is 2.50 bits per heavy atom. The molecular weight excluding hydrogens is 425 g/mol. The zero-order valence-electron chi connectivity index (χ0n) is 17.9. The molecule has 164 valence electrons. The Hall–Kier alpha value is -3.16. The summed E-state index contributed by atoms with van der Waals surface area (Å²) in [7, 11) is -3.92. The molecular formula is C25H24FN3O2S. The van der Waals surface area contributed by atoms with E-state index in [1.54, 1.807) is 24.3 Å². The van der Waals surface area contributed by atoms with E-state index < -0.39 is 22.1 Å². The summed E-state index contributed by atoms with van der Waals surface area (Å²) in [6.07, 6.45) is 0.568. The molecule has 7 heteroatoms. The molecule has 32 heavy (non-hydrogen) atoms. The molecule has 0 radical (unpaired) electrons. The van der Waals surface area contributed by atoms with E-state index >= 15 is 0 Å². The van der Waals surface area contributed by atoms with E-state index in [0.717, 1.165) is 33.3 Å². The SMILES string of the molecule is Cc1cc(C)cc(NS(=O)(=O)N2CCc3c([nH]c4ccccc34)C2c2cccc(F)c2)c1. The van der Waals surface area contributed by atoms with Gasteiger partial charge >= 0.3 is 10.2 Å². The summed E-state index contributed by atoms with van der Waals surface area (Å²) in [5, 5.41) is 1.07. The number of para-hydroxylation sites is 1. The van der Waals surface area contributed by atoms with Gasteiger partial charge in [0.25, 0.3) is 0 Å². The third kappa shape index (κ3) is 3.67. The maximum absolute atomic E-state index is 14.2. The lowest BCUT2D eigenvalue weighted by Gasteiger charge is -2.35. The molecule has 5 nitrogen and oxygen atoms in total. The number of nitrogens with zero attached hydrogens (tertiary/aromatic N) is 1. The number of benzene rings is 3. The number of anilines is 1. The first kappa shape index (κ1) is 20.7. The molecule has 0 amide bonds. The first-order valence-corrected chi connectivity index (χ1v) is 12.0. The molecule has 5 rings (SSSR count). The first-order chi connectivity index (χ1) is 15.3. The van der Waals surface area contributed by atoms with Crippen LogP contribution >= 0.6 is 0 Å². The fourth-order valence-electron chi connectivity index (χ4n) is 4.73. The number of hydrogen-bond donors (Lipinski definition) is 2. The van der Waals surface area contributed by atoms with Crippen LogP contribution in [-0.2, 0) is 16.6 Å². The van der Waals surface area contributed by atoms with Crippen molar-refractivity contribution in [3.63, 3.8) is 0 Å². The summed E-state index contributed by atoms with van der Waals surface area (Å²) in [5.41, 5.74) is 5.86. The standard InChI is InChI=1S/C25H24FN3O2S/c1-16-12-17(2)14-20(13-16)28-32(30,31)29-11-10-22-21-8-3-4-9-23(21)27-24(22)25(29)18-6-5-7-19(26)15-18/h3-9,12-15,25,27-28H,10-11H2,1-2H3. The molecule has 1 aliphatic heterocycles. The minimum Gasteiger partial charge on any atom is -0.357 e. The molecule has 0 spiro atoms. The van der Waals surface area contributed by atoms with Crippen LogP contribution in [0.1, 0.15) is 34.0 Å². The van der Waals surface area contributed by atoms with Gasteiger partial charge in [0, 0.05) is 23.1 Å². The van der Waals surface area contributed by atoms with Crippen molar-refractivity contribution in [3.05, 3.63) is 100 Å². The molecule has 1 aliphatic rings. The monoisotopic (exact) mass is 449 g/mol. The number of aromatic amines is 1. The van der Waals surface area contributed by atoms with Gasteiger partial charge in [0.15, 0.2) is 0 Å². The van der Waals surface area contributed by atoms with Crippen molar-refractivity contribution >= 4 is 26.8 Å². The Morgan fingerprint density at radius 2 is 1.75 bits per heavy atom. The Labute approximate surface area is 187 Å². The number of rotatable bonds is 4. The molecule has 0 fully saturated rings. The van der Waals surface area contributed by atoms with Gasteiger partial charge in [-0.25, -0.2) is 4.39 Å². The molecule has 2 heterocycles. The largest absolute Gasteiger partial charge is 0.357 e. The van der Waals surface area contributed by atoms with Crippen LogP contribution in [0.5, 0.6) is 0 Å². The highest BCUT2D eigenvalue weighted by Crippen LogP contribution is 2.40. The van der Waals surface area contributed by atoms with Gasteiger partial charge in [-0.15, -0.1) is 0 Å². The van der Waals surface area contributed by atoms with Crippen LogP contribution in [0.4, 0.5) is 10.1 Å². The van der Waals surface area contributed by atoms with Crippen LogP contribution in [0.2, 0.25) is 0 Å². The predicted molar refractivity (Wildman–Crippen MR) is 125 cm³/mol. The number of hydrogen-bond acceptors (Lipinski definition) is 2. The van der Waals surface area contributed by atoms with Crippen LogP contribution < -0.4 is 4.72 Å². The van der Waals surface area contributed by atoms with Crippen molar-refractivity contribution < 1.29 is 12.8 Å². The van der Waals surface area contributed by atoms with E-state index in [9.17, 15) is 12.8 Å². The van der Waals surface area contributed by atoms with Crippen LogP contribution in [-0.4, -0.2) is 24.3 Å². The molecule has 4 aromatic rings. The molecule has 2 N–H and O–H groups in total. The Bertz CT molecular complexity index is 1410. The van der Waals surface area contributed by atoms with Gasteiger partial charge in [-0.05, 0) is 72.9 Å². The first-order valence-electron chi connectivity index (χ1n) is 10.5. The topological polar surface area (TPSA) is 65.2 Å². The predicted octanol–water partition coefficient (Wildman–Crippen LogP) is 5.23. The van der Waals surface area contributed by atoms with Crippen LogP contribution in [0.25, 0.3) is 10.9 Å². The zero-order valence-corrected chi connectivity index (χ0v) is 18.7. The molecule has 0 saturated carbocycles. The van der Waals surface area contributed by atoms with Crippen molar-refractivity contribution in [1.29, 1.82) is 0 Å². The Morgan fingerprint density at radius 1 is 1.00 bits per heavy atom. The summed E-state index contributed by atoms with van der Waals surface area (Å²) in [6.45, 7) is 4.15. The van der Waals surface area contributed by atoms with E-state index in [-0.39, 0.29) is 6.54 Å². The smallest absolute Gasteiger partial charge is 0.302 e. The second-order valence-corrected chi connectivity index (χ2v) is 9.99. The second kappa shape index (κ2) is 7.76. The van der Waals surface area contributed by atoms with Crippen molar-refractivity contribution in [3.8, 4) is 0 Å². The van der Waals surface area contributed by atoms with Crippen molar-refractivity contribution in [2.45, 2.75) is 26.3 Å². The van der Waals surface area contributed by atoms with Crippen molar-refractivity contribution in [2.24, 2.45) is 0 Å². The average Bonchev–Trinajstić information content (AvgIpc) is 3.10. The number of aryl methyl sites for hydroxylation is 2. The fraction of sp³-hybridized carbons (Fsp3) is 0.200. The third-order valence-corrected chi connectivity index (χ3v) is 7.44. The Kier molecular flexibility index (Phi) is 5.03. The van der Waals surface area contributed by atoms with Gasteiger partial charge in [-0.1, -0.05) is 36.4 Å². The van der Waals surface area contributed by atoms with Gasteiger partial charge < -0.3 is 4.98 Å². The maximum atomic E-state index is 14.2. The lowest BCUT2D eigenvalue weighted by atomic mass is 9.94. The minimum atomic E-state index is -3.92. The fourth-order valence-corrected chi connectivity index (χ4v) is 6.10.